The van der Waals surface area contributed by atoms with E-state index in [-0.39, 0.29) is 18.2 Å². The Kier molecular flexibility index (Phi) is 6.47. The summed E-state index contributed by atoms with van der Waals surface area (Å²) >= 11 is 0. The number of hydrogen-bond acceptors (Lipinski definition) is 4. The maximum atomic E-state index is 14.3. The largest absolute Gasteiger partial charge is 0.479 e. The highest BCUT2D eigenvalue weighted by Crippen LogP contribution is 2.38. The van der Waals surface area contributed by atoms with Gasteiger partial charge in [-0.3, -0.25) is 4.79 Å². The molecule has 1 atom stereocenters. The molecule has 0 aliphatic heterocycles. The molecule has 4 rings (SSSR count). The predicted molar refractivity (Wildman–Crippen MR) is 133 cm³/mol. The molecule has 2 aromatic carbocycles. The minimum Gasteiger partial charge on any atom is -0.479 e. The van der Waals surface area contributed by atoms with Gasteiger partial charge in [-0.25, -0.2) is 13.6 Å². The summed E-state index contributed by atoms with van der Waals surface area (Å²) in [6, 6.07) is 7.31. The summed E-state index contributed by atoms with van der Waals surface area (Å²) < 4.78 is 36.5. The Morgan fingerprint density at radius 1 is 1.08 bits per heavy atom. The molecule has 0 spiro atoms. The van der Waals surface area contributed by atoms with E-state index >= 15 is 0 Å². The van der Waals surface area contributed by atoms with Gasteiger partial charge in [0.1, 0.15) is 0 Å². The number of carbonyl (C=O) groups is 2. The van der Waals surface area contributed by atoms with Crippen LogP contribution < -0.4 is 0 Å². The Morgan fingerprint density at radius 3 is 2.33 bits per heavy atom. The highest BCUT2D eigenvalue weighted by molar-refractivity contribution is 6.02. The third-order valence-corrected chi connectivity index (χ3v) is 6.29. The molecule has 1 unspecified atom stereocenters. The van der Waals surface area contributed by atoms with Gasteiger partial charge in [-0.05, 0) is 35.7 Å². The van der Waals surface area contributed by atoms with E-state index in [2.05, 4.69) is 5.10 Å². The fourth-order valence-corrected chi connectivity index (χ4v) is 4.55. The van der Waals surface area contributed by atoms with Crippen LogP contribution in [0.15, 0.2) is 36.5 Å². The fourth-order valence-electron chi connectivity index (χ4n) is 4.55. The molecule has 2 aromatic heterocycles. The van der Waals surface area contributed by atoms with Gasteiger partial charge in [0.15, 0.2) is 17.7 Å². The number of carbonyl (C=O) groups excluding carboxylic acids is 1. The van der Waals surface area contributed by atoms with Crippen molar-refractivity contribution in [2.24, 2.45) is 5.41 Å². The number of carboxylic acids is 1. The van der Waals surface area contributed by atoms with Crippen molar-refractivity contribution < 1.29 is 28.2 Å². The summed E-state index contributed by atoms with van der Waals surface area (Å²) in [4.78, 5) is 24.9. The Morgan fingerprint density at radius 2 is 1.78 bits per heavy atom. The third kappa shape index (κ3) is 4.28. The van der Waals surface area contributed by atoms with Gasteiger partial charge in [0.2, 0.25) is 0 Å². The quantitative estimate of drug-likeness (QED) is 0.369. The molecular weight excluding hydrogens is 468 g/mol. The van der Waals surface area contributed by atoms with Crippen molar-refractivity contribution in [3.05, 3.63) is 59.4 Å². The Bertz CT molecular complexity index is 1490. The smallest absolute Gasteiger partial charge is 0.333 e. The number of carboxylic acid groups (broad SMARTS) is 1. The van der Waals surface area contributed by atoms with Crippen molar-refractivity contribution in [2.45, 2.75) is 53.1 Å². The third-order valence-electron chi connectivity index (χ3n) is 6.29. The topological polar surface area (TPSA) is 86.4 Å². The summed E-state index contributed by atoms with van der Waals surface area (Å²) in [5, 5.41) is 15.4. The molecule has 2 heterocycles. The first-order valence-electron chi connectivity index (χ1n) is 11.7. The molecule has 0 saturated carbocycles. The summed E-state index contributed by atoms with van der Waals surface area (Å²) in [6.07, 6.45) is 0.507. The zero-order valence-corrected chi connectivity index (χ0v) is 21.1. The normalized spacial score (nSPS) is 13.1. The molecule has 0 radical (unpaired) electrons. The molecule has 9 heteroatoms. The van der Waals surface area contributed by atoms with Crippen LogP contribution >= 0.6 is 0 Å². The van der Waals surface area contributed by atoms with Crippen LogP contribution in [-0.4, -0.2) is 44.5 Å². The first-order valence-corrected chi connectivity index (χ1v) is 11.7. The maximum Gasteiger partial charge on any atom is 0.333 e. The number of aliphatic carboxylic acids is 1. The van der Waals surface area contributed by atoms with Gasteiger partial charge in [-0.15, -0.1) is 0 Å². The molecule has 36 heavy (non-hydrogen) atoms. The first-order chi connectivity index (χ1) is 16.8. The number of halogens is 2. The van der Waals surface area contributed by atoms with E-state index in [9.17, 15) is 23.5 Å². The lowest BCUT2D eigenvalue weighted by Crippen LogP contribution is -2.27. The van der Waals surface area contributed by atoms with Crippen molar-refractivity contribution in [1.29, 1.82) is 0 Å². The summed E-state index contributed by atoms with van der Waals surface area (Å²) in [7, 11) is 1.33. The molecule has 4 aromatic rings. The molecule has 0 aliphatic rings. The lowest BCUT2D eigenvalue weighted by atomic mass is 9.95. The first kappa shape index (κ1) is 25.5. The van der Waals surface area contributed by atoms with Crippen LogP contribution in [0.5, 0.6) is 0 Å². The van der Waals surface area contributed by atoms with Crippen LogP contribution in [-0.2, 0) is 16.0 Å². The van der Waals surface area contributed by atoms with E-state index < -0.39 is 29.1 Å². The van der Waals surface area contributed by atoms with Gasteiger partial charge in [0, 0.05) is 47.2 Å². The van der Waals surface area contributed by atoms with Crippen molar-refractivity contribution in [1.82, 2.24) is 14.3 Å². The minimum atomic E-state index is -1.12. The summed E-state index contributed by atoms with van der Waals surface area (Å²) in [5.41, 5.74) is 2.39. The monoisotopic (exact) mass is 497 g/mol. The maximum absolute atomic E-state index is 14.3. The van der Waals surface area contributed by atoms with E-state index in [4.69, 9.17) is 4.74 Å². The van der Waals surface area contributed by atoms with Crippen LogP contribution in [0.1, 0.15) is 56.6 Å². The second-order valence-corrected chi connectivity index (χ2v) is 10.3. The Balaban J connectivity index is 2.11. The fraction of sp³-hybridized carbons (Fsp3) is 0.370. The molecule has 190 valence electrons. The number of ether oxygens (including phenoxy) is 1. The van der Waals surface area contributed by atoms with Crippen molar-refractivity contribution in [3.63, 3.8) is 0 Å². The van der Waals surface area contributed by atoms with Gasteiger partial charge in [-0.1, -0.05) is 34.6 Å². The summed E-state index contributed by atoms with van der Waals surface area (Å²) in [5.74, 6) is -3.37. The standard InChI is InChI=1S/C27H29F2N3O4/c1-14(2)24-18(12-23(36-6)25(33)34)17-11-21-15(13-30-32(21)26(35)27(3,4)5)9-22(17)31(24)16-7-8-19(28)20(29)10-16/h7-11,13-14,23H,12H2,1-6H3,(H,33,34). The molecule has 7 nitrogen and oxygen atoms in total. The number of nitrogens with zero attached hydrogens (tertiary/aromatic N) is 3. The van der Waals surface area contributed by atoms with Gasteiger partial charge in [-0.2, -0.15) is 9.78 Å². The highest BCUT2D eigenvalue weighted by Gasteiger charge is 2.29. The molecule has 0 aliphatic carbocycles. The van der Waals surface area contributed by atoms with Crippen LogP contribution in [0.25, 0.3) is 27.5 Å². The molecule has 1 N–H and O–H groups in total. The van der Waals surface area contributed by atoms with Crippen molar-refractivity contribution in [2.75, 3.05) is 7.11 Å². The predicted octanol–water partition coefficient (Wildman–Crippen LogP) is 5.71. The minimum absolute atomic E-state index is 0.0411. The average Bonchev–Trinajstić information content (AvgIpc) is 3.35. The van der Waals surface area contributed by atoms with Crippen LogP contribution in [0, 0.1) is 17.0 Å². The molecule has 0 saturated heterocycles. The highest BCUT2D eigenvalue weighted by atomic mass is 19.2. The number of methoxy groups -OCH3 is 1. The van der Waals surface area contributed by atoms with E-state index in [1.54, 1.807) is 27.0 Å². The zero-order valence-electron chi connectivity index (χ0n) is 21.1. The molecule has 0 fully saturated rings. The second kappa shape index (κ2) is 9.13. The van der Waals surface area contributed by atoms with Gasteiger partial charge >= 0.3 is 5.97 Å². The van der Waals surface area contributed by atoms with E-state index in [0.29, 0.717) is 33.1 Å². The van der Waals surface area contributed by atoms with Crippen molar-refractivity contribution in [3.8, 4) is 5.69 Å². The average molecular weight is 498 g/mol. The number of aromatic nitrogens is 3. The molecule has 0 bridgehead atoms. The van der Waals surface area contributed by atoms with Crippen LogP contribution in [0.3, 0.4) is 0 Å². The number of benzene rings is 2. The SMILES string of the molecule is COC(Cc1c(C(C)C)n(-c2ccc(F)c(F)c2)c2cc3cnn(C(=O)C(C)(C)C)c3cc12)C(=O)O. The van der Waals surface area contributed by atoms with Crippen LogP contribution in [0.4, 0.5) is 8.78 Å². The lowest BCUT2D eigenvalue weighted by Gasteiger charge is -2.17. The zero-order chi connectivity index (χ0) is 26.5. The van der Waals surface area contributed by atoms with E-state index in [1.807, 2.05) is 30.5 Å². The second-order valence-electron chi connectivity index (χ2n) is 10.3. The number of fused-ring (bicyclic) bond motifs is 2. The van der Waals surface area contributed by atoms with E-state index in [1.165, 1.54) is 17.9 Å². The number of rotatable bonds is 6. The Labute approximate surface area is 207 Å². The lowest BCUT2D eigenvalue weighted by molar-refractivity contribution is -0.148. The van der Waals surface area contributed by atoms with E-state index in [0.717, 1.165) is 17.8 Å². The molecular formula is C27H29F2N3O4. The number of hydrogen-bond donors (Lipinski definition) is 1. The Hall–Kier alpha value is -3.59. The summed E-state index contributed by atoms with van der Waals surface area (Å²) in [6.45, 7) is 9.31. The molecule has 0 amide bonds. The van der Waals surface area contributed by atoms with Gasteiger partial charge < -0.3 is 14.4 Å². The van der Waals surface area contributed by atoms with Crippen LogP contribution in [0.2, 0.25) is 0 Å². The van der Waals surface area contributed by atoms with Crippen molar-refractivity contribution >= 4 is 33.7 Å². The van der Waals surface area contributed by atoms with Gasteiger partial charge in [0.05, 0.1) is 17.2 Å². The van der Waals surface area contributed by atoms with Gasteiger partial charge in [0.25, 0.3) is 5.91 Å².